The summed E-state index contributed by atoms with van der Waals surface area (Å²) in [6.07, 6.45) is 0.452. The third-order valence-corrected chi connectivity index (χ3v) is 4.68. The van der Waals surface area contributed by atoms with Crippen LogP contribution in [0.15, 0.2) is 24.3 Å². The quantitative estimate of drug-likeness (QED) is 0.748. The van der Waals surface area contributed by atoms with E-state index in [0.29, 0.717) is 13.0 Å². The van der Waals surface area contributed by atoms with E-state index in [2.05, 4.69) is 0 Å². The minimum absolute atomic E-state index is 0.0114. The van der Waals surface area contributed by atoms with Crippen LogP contribution >= 0.6 is 0 Å². The lowest BCUT2D eigenvalue weighted by Gasteiger charge is -2.43. The molecule has 1 aromatic carbocycles. The largest absolute Gasteiger partial charge is 0.497 e. The van der Waals surface area contributed by atoms with Gasteiger partial charge in [0.25, 0.3) is 6.47 Å². The van der Waals surface area contributed by atoms with Gasteiger partial charge in [-0.15, -0.1) is 0 Å². The molecule has 1 amide bonds. The van der Waals surface area contributed by atoms with Gasteiger partial charge in [-0.25, -0.2) is 4.79 Å². The molecule has 0 radical (unpaired) electrons. The summed E-state index contributed by atoms with van der Waals surface area (Å²) in [6.45, 7) is 8.80. The Balaban J connectivity index is 2.19. The number of rotatable bonds is 5. The molecule has 0 aliphatic carbocycles. The van der Waals surface area contributed by atoms with E-state index in [-0.39, 0.29) is 30.6 Å². The van der Waals surface area contributed by atoms with E-state index >= 15 is 0 Å². The number of benzene rings is 1. The molecule has 0 saturated carbocycles. The first-order valence-electron chi connectivity index (χ1n) is 8.94. The van der Waals surface area contributed by atoms with Gasteiger partial charge in [-0.05, 0) is 57.7 Å². The van der Waals surface area contributed by atoms with Gasteiger partial charge in [-0.1, -0.05) is 12.1 Å². The van der Waals surface area contributed by atoms with Crippen LogP contribution in [0.4, 0.5) is 4.79 Å². The fourth-order valence-electron chi connectivity index (χ4n) is 3.41. The molecule has 6 heteroatoms. The van der Waals surface area contributed by atoms with Gasteiger partial charge >= 0.3 is 6.09 Å². The van der Waals surface area contributed by atoms with Crippen molar-refractivity contribution in [2.45, 2.75) is 51.7 Å². The third kappa shape index (κ3) is 5.13. The average Bonchev–Trinajstić information content (AvgIpc) is 2.59. The number of hydrogen-bond donors (Lipinski definition) is 0. The van der Waals surface area contributed by atoms with Crippen LogP contribution in [0.1, 0.15) is 45.6 Å². The minimum atomic E-state index is -0.543. The van der Waals surface area contributed by atoms with Crippen LogP contribution in [0.5, 0.6) is 5.75 Å². The van der Waals surface area contributed by atoms with E-state index in [9.17, 15) is 9.59 Å². The molecule has 0 aromatic heterocycles. The van der Waals surface area contributed by atoms with Gasteiger partial charge < -0.3 is 19.1 Å². The molecule has 6 nitrogen and oxygen atoms in total. The molecule has 0 spiro atoms. The Kier molecular flexibility index (Phi) is 6.51. The molecule has 1 saturated heterocycles. The molecular weight excluding hydrogens is 334 g/mol. The van der Waals surface area contributed by atoms with Crippen LogP contribution in [0, 0.1) is 5.92 Å². The van der Waals surface area contributed by atoms with Crippen LogP contribution in [-0.2, 0) is 14.3 Å². The lowest BCUT2D eigenvalue weighted by Crippen LogP contribution is -2.50. The van der Waals surface area contributed by atoms with Crippen molar-refractivity contribution < 1.29 is 23.8 Å². The second-order valence-electron chi connectivity index (χ2n) is 7.79. The van der Waals surface area contributed by atoms with Crippen molar-refractivity contribution in [3.8, 4) is 5.75 Å². The maximum absolute atomic E-state index is 12.5. The van der Waals surface area contributed by atoms with Crippen molar-refractivity contribution in [1.82, 2.24) is 4.90 Å². The zero-order valence-corrected chi connectivity index (χ0v) is 16.2. The molecule has 26 heavy (non-hydrogen) atoms. The number of likely N-dealkylation sites (tertiary alicyclic amines) is 1. The van der Waals surface area contributed by atoms with E-state index in [1.807, 2.05) is 52.0 Å². The van der Waals surface area contributed by atoms with Crippen molar-refractivity contribution in [3.05, 3.63) is 29.8 Å². The standard InChI is InChI=1S/C20H29NO5/c1-14-10-18(15-6-8-17(24-5)9-7-15)16(12-25-13-22)11-21(14)19(23)26-20(2,3)4/h6-9,13-14,16,18H,10-12H2,1-5H3/t14-,16-,18-/m1/s1. The molecule has 0 N–H and O–H groups in total. The van der Waals surface area contributed by atoms with Gasteiger partial charge in [0.15, 0.2) is 0 Å². The first-order chi connectivity index (χ1) is 12.2. The Morgan fingerprint density at radius 1 is 1.27 bits per heavy atom. The predicted molar refractivity (Wildman–Crippen MR) is 98.3 cm³/mol. The van der Waals surface area contributed by atoms with E-state index in [0.717, 1.165) is 17.7 Å². The number of ether oxygens (including phenoxy) is 3. The second kappa shape index (κ2) is 8.43. The number of nitrogens with zero attached hydrogens (tertiary/aromatic N) is 1. The summed E-state index contributed by atoms with van der Waals surface area (Å²) in [5, 5.41) is 0. The van der Waals surface area contributed by atoms with Crippen LogP contribution in [0.25, 0.3) is 0 Å². The van der Waals surface area contributed by atoms with Crippen LogP contribution in [0.2, 0.25) is 0 Å². The van der Waals surface area contributed by atoms with Crippen molar-refractivity contribution in [2.75, 3.05) is 20.3 Å². The van der Waals surface area contributed by atoms with E-state index in [1.54, 1.807) is 12.0 Å². The van der Waals surface area contributed by atoms with Crippen molar-refractivity contribution >= 4 is 12.6 Å². The number of carbonyl (C=O) groups is 2. The Bertz CT molecular complexity index is 608. The van der Waals surface area contributed by atoms with Crippen molar-refractivity contribution in [3.63, 3.8) is 0 Å². The van der Waals surface area contributed by atoms with Crippen LogP contribution < -0.4 is 4.74 Å². The van der Waals surface area contributed by atoms with Gasteiger partial charge in [-0.2, -0.15) is 0 Å². The molecule has 144 valence electrons. The summed E-state index contributed by atoms with van der Waals surface area (Å²) in [5.41, 5.74) is 0.610. The van der Waals surface area contributed by atoms with Gasteiger partial charge in [0.05, 0.1) is 13.7 Å². The molecule has 1 heterocycles. The first-order valence-corrected chi connectivity index (χ1v) is 8.94. The monoisotopic (exact) mass is 363 g/mol. The maximum Gasteiger partial charge on any atom is 0.410 e. The van der Waals surface area contributed by atoms with Crippen LogP contribution in [-0.4, -0.2) is 49.4 Å². The molecule has 0 bridgehead atoms. The highest BCUT2D eigenvalue weighted by molar-refractivity contribution is 5.68. The molecule has 3 atom stereocenters. The Morgan fingerprint density at radius 3 is 2.46 bits per heavy atom. The number of hydrogen-bond acceptors (Lipinski definition) is 5. The van der Waals surface area contributed by atoms with E-state index < -0.39 is 5.60 Å². The predicted octanol–water partition coefficient (Wildman–Crippen LogP) is 3.60. The van der Waals surface area contributed by atoms with Gasteiger partial charge in [-0.3, -0.25) is 4.79 Å². The molecule has 1 aromatic rings. The molecule has 1 fully saturated rings. The summed E-state index contributed by atoms with van der Waals surface area (Å²) in [7, 11) is 1.64. The fraction of sp³-hybridized carbons (Fsp3) is 0.600. The lowest BCUT2D eigenvalue weighted by molar-refractivity contribution is -0.130. The summed E-state index contributed by atoms with van der Waals surface area (Å²) in [5.74, 6) is 1.00. The van der Waals surface area contributed by atoms with Gasteiger partial charge in [0.2, 0.25) is 0 Å². The number of methoxy groups -OCH3 is 1. The fourth-order valence-corrected chi connectivity index (χ4v) is 3.41. The highest BCUT2D eigenvalue weighted by Gasteiger charge is 2.38. The highest BCUT2D eigenvalue weighted by atomic mass is 16.6. The molecule has 1 aliphatic heterocycles. The number of amides is 1. The second-order valence-corrected chi connectivity index (χ2v) is 7.79. The topological polar surface area (TPSA) is 65.1 Å². The maximum atomic E-state index is 12.5. The summed E-state index contributed by atoms with van der Waals surface area (Å²) in [4.78, 5) is 25.0. The molecule has 2 rings (SSSR count). The minimum Gasteiger partial charge on any atom is -0.497 e. The number of carbonyl (C=O) groups excluding carboxylic acids is 2. The Labute approximate surface area is 155 Å². The SMILES string of the molecule is COc1ccc([C@H]2C[C@@H](C)N(C(=O)OC(C)(C)C)C[C@@H]2COC=O)cc1. The zero-order chi connectivity index (χ0) is 19.3. The third-order valence-electron chi connectivity index (χ3n) is 4.68. The van der Waals surface area contributed by atoms with Gasteiger partial charge in [0, 0.05) is 18.5 Å². The normalized spacial score (nSPS) is 23.3. The van der Waals surface area contributed by atoms with Crippen LogP contribution in [0.3, 0.4) is 0 Å². The van der Waals surface area contributed by atoms with Crippen molar-refractivity contribution in [2.24, 2.45) is 5.92 Å². The first kappa shape index (κ1) is 20.1. The van der Waals surface area contributed by atoms with E-state index in [1.165, 1.54) is 0 Å². The van der Waals surface area contributed by atoms with E-state index in [4.69, 9.17) is 14.2 Å². The molecular formula is C20H29NO5. The van der Waals surface area contributed by atoms with Gasteiger partial charge in [0.1, 0.15) is 11.4 Å². The highest BCUT2D eigenvalue weighted by Crippen LogP contribution is 2.37. The summed E-state index contributed by atoms with van der Waals surface area (Å²) < 4.78 is 15.8. The smallest absolute Gasteiger partial charge is 0.410 e. The zero-order valence-electron chi connectivity index (χ0n) is 16.2. The average molecular weight is 363 g/mol. The summed E-state index contributed by atoms with van der Waals surface area (Å²) >= 11 is 0. The molecule has 0 unspecified atom stereocenters. The summed E-state index contributed by atoms with van der Waals surface area (Å²) in [6, 6.07) is 7.96. The van der Waals surface area contributed by atoms with Crippen molar-refractivity contribution in [1.29, 1.82) is 0 Å². The molecule has 1 aliphatic rings. The Morgan fingerprint density at radius 2 is 1.92 bits per heavy atom. The Hall–Kier alpha value is -2.24. The lowest BCUT2D eigenvalue weighted by atomic mass is 9.78. The number of piperidine rings is 1.